The van der Waals surface area contributed by atoms with Crippen LogP contribution in [0.4, 0.5) is 5.69 Å². The number of sulfonamides is 1. The molecular weight excluding hydrogens is 364 g/mol. The lowest BCUT2D eigenvalue weighted by molar-refractivity contribution is 0.102. The zero-order valence-corrected chi connectivity index (χ0v) is 16.9. The standard InChI is InChI=1S/C20H26N2O4S/c1-5-13-26-17-8-6-7-15(14-17)19(23)21-16-9-11-18(12-10-16)27(24,25)22-20(2,3)4/h6-12,14,22H,5,13H2,1-4H3,(H,21,23). The number of ether oxygens (including phenoxy) is 1. The van der Waals surface area contributed by atoms with Crippen LogP contribution in [0.25, 0.3) is 0 Å². The summed E-state index contributed by atoms with van der Waals surface area (Å²) >= 11 is 0. The fourth-order valence-electron chi connectivity index (χ4n) is 2.33. The maximum absolute atomic E-state index is 12.4. The summed E-state index contributed by atoms with van der Waals surface area (Å²) in [5, 5.41) is 2.76. The van der Waals surface area contributed by atoms with Gasteiger partial charge in [-0.15, -0.1) is 0 Å². The maximum Gasteiger partial charge on any atom is 0.255 e. The van der Waals surface area contributed by atoms with E-state index >= 15 is 0 Å². The van der Waals surface area contributed by atoms with Crippen LogP contribution in [0, 0.1) is 0 Å². The first-order valence-electron chi connectivity index (χ1n) is 8.79. The topological polar surface area (TPSA) is 84.5 Å². The molecule has 0 radical (unpaired) electrons. The summed E-state index contributed by atoms with van der Waals surface area (Å²) in [6.07, 6.45) is 0.885. The fourth-order valence-corrected chi connectivity index (χ4v) is 3.75. The molecule has 2 N–H and O–H groups in total. The second-order valence-corrected chi connectivity index (χ2v) is 8.89. The minimum absolute atomic E-state index is 0.144. The van der Waals surface area contributed by atoms with Gasteiger partial charge in [-0.05, 0) is 69.7 Å². The van der Waals surface area contributed by atoms with Gasteiger partial charge in [-0.25, -0.2) is 13.1 Å². The van der Waals surface area contributed by atoms with Gasteiger partial charge >= 0.3 is 0 Å². The molecule has 0 unspecified atom stereocenters. The van der Waals surface area contributed by atoms with Crippen LogP contribution >= 0.6 is 0 Å². The van der Waals surface area contributed by atoms with E-state index in [1.807, 2.05) is 6.92 Å². The molecular formula is C20H26N2O4S. The number of carbonyl (C=O) groups is 1. The highest BCUT2D eigenvalue weighted by Crippen LogP contribution is 2.18. The maximum atomic E-state index is 12.4. The van der Waals surface area contributed by atoms with Crippen molar-refractivity contribution in [1.82, 2.24) is 4.72 Å². The third-order valence-corrected chi connectivity index (χ3v) is 5.21. The molecule has 2 aromatic rings. The Balaban J connectivity index is 2.09. The van der Waals surface area contributed by atoms with Crippen LogP contribution in [-0.2, 0) is 10.0 Å². The number of carbonyl (C=O) groups excluding carboxylic acids is 1. The van der Waals surface area contributed by atoms with Crippen LogP contribution in [0.2, 0.25) is 0 Å². The summed E-state index contributed by atoms with van der Waals surface area (Å²) in [6, 6.07) is 13.0. The van der Waals surface area contributed by atoms with E-state index < -0.39 is 15.6 Å². The Labute approximate surface area is 161 Å². The number of amides is 1. The highest BCUT2D eigenvalue weighted by atomic mass is 32.2. The largest absolute Gasteiger partial charge is 0.494 e. The molecule has 0 saturated heterocycles. The third-order valence-electron chi connectivity index (χ3n) is 3.43. The first kappa shape index (κ1) is 20.9. The van der Waals surface area contributed by atoms with Gasteiger partial charge in [0.15, 0.2) is 0 Å². The van der Waals surface area contributed by atoms with Crippen LogP contribution in [0.3, 0.4) is 0 Å². The quantitative estimate of drug-likeness (QED) is 0.753. The van der Waals surface area contributed by atoms with E-state index in [1.54, 1.807) is 57.2 Å². The number of rotatable bonds is 7. The minimum atomic E-state index is -3.61. The van der Waals surface area contributed by atoms with Gasteiger partial charge in [0.1, 0.15) is 5.75 Å². The molecule has 0 saturated carbocycles. The molecule has 7 heteroatoms. The van der Waals surface area contributed by atoms with E-state index in [-0.39, 0.29) is 10.8 Å². The lowest BCUT2D eigenvalue weighted by atomic mass is 10.1. The van der Waals surface area contributed by atoms with E-state index in [2.05, 4.69) is 10.0 Å². The lowest BCUT2D eigenvalue weighted by Gasteiger charge is -2.20. The molecule has 0 aliphatic rings. The van der Waals surface area contributed by atoms with Crippen molar-refractivity contribution in [1.29, 1.82) is 0 Å². The van der Waals surface area contributed by atoms with Crippen LogP contribution in [0.5, 0.6) is 5.75 Å². The molecule has 0 bridgehead atoms. The van der Waals surface area contributed by atoms with E-state index in [1.165, 1.54) is 12.1 Å². The fraction of sp³-hybridized carbons (Fsp3) is 0.350. The van der Waals surface area contributed by atoms with Crippen molar-refractivity contribution in [2.75, 3.05) is 11.9 Å². The number of nitrogens with one attached hydrogen (secondary N) is 2. The van der Waals surface area contributed by atoms with Crippen molar-refractivity contribution >= 4 is 21.6 Å². The monoisotopic (exact) mass is 390 g/mol. The second-order valence-electron chi connectivity index (χ2n) is 7.21. The van der Waals surface area contributed by atoms with Crippen molar-refractivity contribution in [3.05, 3.63) is 54.1 Å². The van der Waals surface area contributed by atoms with E-state index in [0.717, 1.165) is 6.42 Å². The number of benzene rings is 2. The predicted molar refractivity (Wildman–Crippen MR) is 107 cm³/mol. The van der Waals surface area contributed by atoms with Gasteiger partial charge in [0, 0.05) is 16.8 Å². The van der Waals surface area contributed by atoms with Gasteiger partial charge in [0.25, 0.3) is 5.91 Å². The van der Waals surface area contributed by atoms with Gasteiger partial charge < -0.3 is 10.1 Å². The van der Waals surface area contributed by atoms with Gasteiger partial charge in [-0.1, -0.05) is 13.0 Å². The Morgan fingerprint density at radius 3 is 2.33 bits per heavy atom. The van der Waals surface area contributed by atoms with Crippen molar-refractivity contribution < 1.29 is 17.9 Å². The average molecular weight is 391 g/mol. The summed E-state index contributed by atoms with van der Waals surface area (Å²) in [4.78, 5) is 12.6. The zero-order chi connectivity index (χ0) is 20.1. The van der Waals surface area contributed by atoms with Gasteiger partial charge in [0.05, 0.1) is 11.5 Å². The van der Waals surface area contributed by atoms with E-state index in [9.17, 15) is 13.2 Å². The molecule has 0 aromatic heterocycles. The van der Waals surface area contributed by atoms with Crippen molar-refractivity contribution in [3.8, 4) is 5.75 Å². The van der Waals surface area contributed by atoms with Crippen molar-refractivity contribution in [3.63, 3.8) is 0 Å². The summed E-state index contributed by atoms with van der Waals surface area (Å²) in [6.45, 7) is 7.92. The zero-order valence-electron chi connectivity index (χ0n) is 16.1. The lowest BCUT2D eigenvalue weighted by Crippen LogP contribution is -2.40. The summed E-state index contributed by atoms with van der Waals surface area (Å²) < 4.78 is 32.8. The van der Waals surface area contributed by atoms with Crippen LogP contribution in [-0.4, -0.2) is 26.5 Å². The van der Waals surface area contributed by atoms with E-state index in [0.29, 0.717) is 23.6 Å². The molecule has 2 rings (SSSR count). The third kappa shape index (κ3) is 6.37. The highest BCUT2D eigenvalue weighted by Gasteiger charge is 2.21. The molecule has 2 aromatic carbocycles. The molecule has 146 valence electrons. The summed E-state index contributed by atoms with van der Waals surface area (Å²) in [5.41, 5.74) is 0.403. The molecule has 0 aliphatic heterocycles. The predicted octanol–water partition coefficient (Wildman–Crippen LogP) is 3.80. The molecule has 0 fully saturated rings. The molecule has 0 heterocycles. The molecule has 1 amide bonds. The Morgan fingerprint density at radius 2 is 1.74 bits per heavy atom. The van der Waals surface area contributed by atoms with Crippen molar-refractivity contribution in [2.45, 2.75) is 44.6 Å². The van der Waals surface area contributed by atoms with Gasteiger partial charge in [-0.2, -0.15) is 0 Å². The Hall–Kier alpha value is -2.38. The molecule has 0 aliphatic carbocycles. The minimum Gasteiger partial charge on any atom is -0.494 e. The molecule has 0 atom stereocenters. The Bertz CT molecular complexity index is 885. The van der Waals surface area contributed by atoms with Gasteiger partial charge in [-0.3, -0.25) is 4.79 Å². The normalized spacial score (nSPS) is 11.9. The highest BCUT2D eigenvalue weighted by molar-refractivity contribution is 7.89. The Kier molecular flexibility index (Phi) is 6.62. The number of hydrogen-bond acceptors (Lipinski definition) is 4. The summed E-state index contributed by atoms with van der Waals surface area (Å²) in [5.74, 6) is 0.347. The first-order chi connectivity index (χ1) is 12.6. The first-order valence-corrected chi connectivity index (χ1v) is 10.3. The number of hydrogen-bond donors (Lipinski definition) is 2. The SMILES string of the molecule is CCCOc1cccc(C(=O)Nc2ccc(S(=O)(=O)NC(C)(C)C)cc2)c1. The second kappa shape index (κ2) is 8.54. The van der Waals surface area contributed by atoms with E-state index in [4.69, 9.17) is 4.74 Å². The average Bonchev–Trinajstić information content (AvgIpc) is 2.58. The van der Waals surface area contributed by atoms with Crippen LogP contribution in [0.1, 0.15) is 44.5 Å². The Morgan fingerprint density at radius 1 is 1.07 bits per heavy atom. The number of anilines is 1. The van der Waals surface area contributed by atoms with Crippen molar-refractivity contribution in [2.24, 2.45) is 0 Å². The molecule has 6 nitrogen and oxygen atoms in total. The van der Waals surface area contributed by atoms with Crippen LogP contribution < -0.4 is 14.8 Å². The van der Waals surface area contributed by atoms with Crippen LogP contribution in [0.15, 0.2) is 53.4 Å². The van der Waals surface area contributed by atoms with Gasteiger partial charge in [0.2, 0.25) is 10.0 Å². The molecule has 27 heavy (non-hydrogen) atoms. The summed E-state index contributed by atoms with van der Waals surface area (Å²) in [7, 11) is -3.61. The molecule has 0 spiro atoms. The smallest absolute Gasteiger partial charge is 0.255 e.